The third kappa shape index (κ3) is 1.32. The second kappa shape index (κ2) is 3.34. The lowest BCUT2D eigenvalue weighted by atomic mass is 10.1. The molecule has 0 saturated carbocycles. The Labute approximate surface area is 91.1 Å². The fraction of sp³-hybridized carbons (Fsp3) is 0. The van der Waals surface area contributed by atoms with Crippen molar-refractivity contribution in [2.24, 2.45) is 0 Å². The average Bonchev–Trinajstić information content (AvgIpc) is 2.75. The lowest BCUT2D eigenvalue weighted by molar-refractivity contribution is 0.751. The summed E-state index contributed by atoms with van der Waals surface area (Å²) >= 11 is 0. The van der Waals surface area contributed by atoms with Crippen molar-refractivity contribution in [2.45, 2.75) is 0 Å². The van der Waals surface area contributed by atoms with Gasteiger partial charge in [0, 0.05) is 5.39 Å². The lowest BCUT2D eigenvalue weighted by Gasteiger charge is -2.04. The molecule has 0 aliphatic carbocycles. The Hall–Kier alpha value is -2.36. The summed E-state index contributed by atoms with van der Waals surface area (Å²) in [5.41, 5.74) is 0.674. The minimum Gasteiger partial charge on any atom is -0.266 e. The highest BCUT2D eigenvalue weighted by molar-refractivity contribution is 5.89. The molecule has 3 rings (SSSR count). The van der Waals surface area contributed by atoms with Crippen LogP contribution in [0.3, 0.4) is 0 Å². The third-order valence-corrected chi connectivity index (χ3v) is 2.50. The standard InChI is InChI=1S/C12H9N3O/c16-12-8-13-15(14-12)11-7-3-5-9-4-1-2-6-10(9)11/h1-8H,(H,14,16). The van der Waals surface area contributed by atoms with E-state index >= 15 is 0 Å². The molecule has 0 bridgehead atoms. The average molecular weight is 211 g/mol. The molecule has 1 heterocycles. The molecule has 1 N–H and O–H groups in total. The number of aromatic amines is 1. The van der Waals surface area contributed by atoms with Crippen LogP contribution in [0.4, 0.5) is 0 Å². The number of rotatable bonds is 1. The van der Waals surface area contributed by atoms with Gasteiger partial charge in [0.15, 0.2) is 0 Å². The topological polar surface area (TPSA) is 50.7 Å². The summed E-state index contributed by atoms with van der Waals surface area (Å²) < 4.78 is 0. The van der Waals surface area contributed by atoms with Crippen molar-refractivity contribution in [3.05, 3.63) is 59.0 Å². The third-order valence-electron chi connectivity index (χ3n) is 2.50. The molecule has 0 unspecified atom stereocenters. The van der Waals surface area contributed by atoms with Gasteiger partial charge in [-0.25, -0.2) is 5.10 Å². The number of fused-ring (bicyclic) bond motifs is 1. The summed E-state index contributed by atoms with van der Waals surface area (Å²) in [5.74, 6) is 0. The number of H-pyrrole nitrogens is 1. The summed E-state index contributed by atoms with van der Waals surface area (Å²) in [6, 6.07) is 13.9. The number of hydrogen-bond donors (Lipinski definition) is 1. The van der Waals surface area contributed by atoms with Gasteiger partial charge >= 0.3 is 0 Å². The lowest BCUT2D eigenvalue weighted by Crippen LogP contribution is -2.04. The maximum Gasteiger partial charge on any atom is 0.284 e. The first-order chi connectivity index (χ1) is 7.84. The molecule has 4 heteroatoms. The van der Waals surface area contributed by atoms with Gasteiger partial charge in [-0.3, -0.25) is 4.79 Å². The second-order valence-electron chi connectivity index (χ2n) is 3.53. The fourth-order valence-electron chi connectivity index (χ4n) is 1.79. The Morgan fingerprint density at radius 2 is 1.88 bits per heavy atom. The number of nitrogens with zero attached hydrogens (tertiary/aromatic N) is 2. The molecular formula is C12H9N3O. The van der Waals surface area contributed by atoms with Gasteiger partial charge in [-0.05, 0) is 11.5 Å². The van der Waals surface area contributed by atoms with E-state index in [4.69, 9.17) is 0 Å². The van der Waals surface area contributed by atoms with Crippen LogP contribution in [0.1, 0.15) is 0 Å². The highest BCUT2D eigenvalue weighted by Crippen LogP contribution is 2.20. The molecule has 0 fully saturated rings. The van der Waals surface area contributed by atoms with Crippen molar-refractivity contribution in [3.8, 4) is 5.69 Å². The Morgan fingerprint density at radius 1 is 1.06 bits per heavy atom. The van der Waals surface area contributed by atoms with Gasteiger partial charge in [-0.15, -0.1) is 0 Å². The highest BCUT2D eigenvalue weighted by Gasteiger charge is 2.03. The van der Waals surface area contributed by atoms with Gasteiger partial charge in [-0.2, -0.15) is 9.90 Å². The largest absolute Gasteiger partial charge is 0.284 e. The summed E-state index contributed by atoms with van der Waals surface area (Å²) in [6.45, 7) is 0. The van der Waals surface area contributed by atoms with E-state index < -0.39 is 0 Å². The molecule has 0 atom stereocenters. The Balaban J connectivity index is 2.35. The SMILES string of the molecule is O=c1cnn(-c2cccc3ccccc23)[nH]1. The van der Waals surface area contributed by atoms with Crippen molar-refractivity contribution < 1.29 is 0 Å². The van der Waals surface area contributed by atoms with E-state index in [-0.39, 0.29) is 5.56 Å². The fourth-order valence-corrected chi connectivity index (χ4v) is 1.79. The van der Waals surface area contributed by atoms with E-state index in [1.807, 2.05) is 42.5 Å². The zero-order valence-corrected chi connectivity index (χ0v) is 8.42. The van der Waals surface area contributed by atoms with Crippen LogP contribution in [-0.4, -0.2) is 15.0 Å². The van der Waals surface area contributed by atoms with E-state index in [0.29, 0.717) is 0 Å². The second-order valence-corrected chi connectivity index (χ2v) is 3.53. The molecule has 78 valence electrons. The van der Waals surface area contributed by atoms with Crippen LogP contribution in [0.25, 0.3) is 16.5 Å². The molecule has 16 heavy (non-hydrogen) atoms. The minimum absolute atomic E-state index is 0.201. The molecule has 0 aliphatic rings. The van der Waals surface area contributed by atoms with Crippen LogP contribution in [0.15, 0.2) is 53.5 Å². The van der Waals surface area contributed by atoms with Gasteiger partial charge in [0.25, 0.3) is 5.56 Å². The first kappa shape index (κ1) is 8.91. The molecule has 0 saturated heterocycles. The van der Waals surface area contributed by atoms with Crippen LogP contribution in [-0.2, 0) is 0 Å². The van der Waals surface area contributed by atoms with Gasteiger partial charge in [0.1, 0.15) is 6.20 Å². The van der Waals surface area contributed by atoms with Gasteiger partial charge in [0.05, 0.1) is 5.69 Å². The molecule has 0 radical (unpaired) electrons. The number of benzene rings is 2. The zero-order valence-electron chi connectivity index (χ0n) is 8.42. The minimum atomic E-state index is -0.201. The van der Waals surface area contributed by atoms with Gasteiger partial charge in [-0.1, -0.05) is 36.4 Å². The Bertz CT molecular complexity index is 691. The van der Waals surface area contributed by atoms with Crippen LogP contribution in [0.5, 0.6) is 0 Å². The summed E-state index contributed by atoms with van der Waals surface area (Å²) in [4.78, 5) is 12.6. The van der Waals surface area contributed by atoms with E-state index in [9.17, 15) is 4.79 Å². The number of aromatic nitrogens is 3. The molecular weight excluding hydrogens is 202 g/mol. The first-order valence-electron chi connectivity index (χ1n) is 4.97. The summed E-state index contributed by atoms with van der Waals surface area (Å²) in [6.07, 6.45) is 1.27. The van der Waals surface area contributed by atoms with Crippen molar-refractivity contribution in [2.75, 3.05) is 0 Å². The van der Waals surface area contributed by atoms with E-state index in [1.54, 1.807) is 0 Å². The Morgan fingerprint density at radius 3 is 2.69 bits per heavy atom. The van der Waals surface area contributed by atoms with E-state index in [1.165, 1.54) is 11.0 Å². The van der Waals surface area contributed by atoms with E-state index in [0.717, 1.165) is 16.5 Å². The van der Waals surface area contributed by atoms with Gasteiger partial charge in [0.2, 0.25) is 0 Å². The molecule has 3 aromatic rings. The predicted octanol–water partition coefficient (Wildman–Crippen LogP) is 1.71. The van der Waals surface area contributed by atoms with Crippen molar-refractivity contribution in [1.29, 1.82) is 0 Å². The molecule has 1 aromatic heterocycles. The Kier molecular flexibility index (Phi) is 1.86. The smallest absolute Gasteiger partial charge is 0.266 e. The molecule has 4 nitrogen and oxygen atoms in total. The molecule has 0 spiro atoms. The summed E-state index contributed by atoms with van der Waals surface area (Å²) in [7, 11) is 0. The predicted molar refractivity (Wildman–Crippen MR) is 61.7 cm³/mol. The quantitative estimate of drug-likeness (QED) is 0.666. The van der Waals surface area contributed by atoms with Crippen LogP contribution in [0.2, 0.25) is 0 Å². The number of hydrogen-bond acceptors (Lipinski definition) is 2. The monoisotopic (exact) mass is 211 g/mol. The van der Waals surface area contributed by atoms with Crippen molar-refractivity contribution >= 4 is 10.8 Å². The highest BCUT2D eigenvalue weighted by atomic mass is 16.1. The van der Waals surface area contributed by atoms with Gasteiger partial charge < -0.3 is 0 Å². The molecule has 2 aromatic carbocycles. The molecule has 0 aliphatic heterocycles. The van der Waals surface area contributed by atoms with Crippen molar-refractivity contribution in [1.82, 2.24) is 15.0 Å². The maximum atomic E-state index is 11.1. The molecule has 0 amide bonds. The van der Waals surface area contributed by atoms with Crippen LogP contribution >= 0.6 is 0 Å². The zero-order chi connectivity index (χ0) is 11.0. The van der Waals surface area contributed by atoms with Crippen LogP contribution in [0, 0.1) is 0 Å². The van der Waals surface area contributed by atoms with E-state index in [2.05, 4.69) is 10.2 Å². The number of nitrogens with one attached hydrogen (secondary N) is 1. The summed E-state index contributed by atoms with van der Waals surface area (Å²) in [5, 5.41) is 8.80. The first-order valence-corrected chi connectivity index (χ1v) is 4.97. The normalized spacial score (nSPS) is 10.8. The van der Waals surface area contributed by atoms with Crippen LogP contribution < -0.4 is 5.56 Å². The maximum absolute atomic E-state index is 11.1. The van der Waals surface area contributed by atoms with Crippen molar-refractivity contribution in [3.63, 3.8) is 0 Å².